The molecule has 3 N–H and O–H groups in total. The van der Waals surface area contributed by atoms with E-state index in [2.05, 4.69) is 17.3 Å². The Morgan fingerprint density at radius 3 is 2.75 bits per heavy atom. The van der Waals surface area contributed by atoms with Crippen molar-refractivity contribution in [1.29, 1.82) is 0 Å². The number of hydrogen-bond donors (Lipinski definition) is 2. The molecule has 10 heteroatoms. The van der Waals surface area contributed by atoms with Crippen LogP contribution in [0.2, 0.25) is 0 Å². The fourth-order valence-electron chi connectivity index (χ4n) is 6.08. The molecule has 0 bridgehead atoms. The van der Waals surface area contributed by atoms with E-state index >= 15 is 0 Å². The van der Waals surface area contributed by atoms with Gasteiger partial charge in [0.05, 0.1) is 24.3 Å². The van der Waals surface area contributed by atoms with E-state index < -0.39 is 17.7 Å². The monoisotopic (exact) mass is 446 g/mol. The average Bonchev–Trinajstić information content (AvgIpc) is 3.16. The third-order valence-electron chi connectivity index (χ3n) is 7.74. The number of Topliss-reactive ketones (excluding diaryl/α,β-unsaturated/α-hetero) is 2. The number of piperazine rings is 1. The Morgan fingerprint density at radius 2 is 2.09 bits per heavy atom. The summed E-state index contributed by atoms with van der Waals surface area (Å²) in [4.78, 5) is 42.6. The molecule has 32 heavy (non-hydrogen) atoms. The van der Waals surface area contributed by atoms with Gasteiger partial charge in [-0.2, -0.15) is 0 Å². The number of hydrogen-bond acceptors (Lipinski definition) is 9. The minimum Gasteiger partial charge on any atom is -0.489 e. The number of rotatable bonds is 7. The number of ether oxygens (including phenoxy) is 3. The number of methoxy groups -OCH3 is 1. The molecule has 4 unspecified atom stereocenters. The van der Waals surface area contributed by atoms with Crippen LogP contribution in [0.1, 0.15) is 26.2 Å². The first-order chi connectivity index (χ1) is 15.3. The van der Waals surface area contributed by atoms with Crippen LogP contribution in [0.5, 0.6) is 0 Å². The van der Waals surface area contributed by atoms with Crippen molar-refractivity contribution in [2.75, 3.05) is 40.5 Å². The van der Waals surface area contributed by atoms with Crippen LogP contribution in [0.15, 0.2) is 22.6 Å². The molecule has 0 saturated carbocycles. The van der Waals surface area contributed by atoms with Crippen LogP contribution in [0.25, 0.3) is 0 Å². The maximum absolute atomic E-state index is 13.6. The summed E-state index contributed by atoms with van der Waals surface area (Å²) >= 11 is 0. The number of ketones is 2. The SMILES string of the molecule is CO[C@@]12C(COC(N)=O)C3=C(C(=O)C(C)=C(OCCC4CCCN4C)C3=O)N1CC1NC12. The summed E-state index contributed by atoms with van der Waals surface area (Å²) in [7, 11) is 3.64. The van der Waals surface area contributed by atoms with Crippen molar-refractivity contribution < 1.29 is 28.6 Å². The molecule has 5 rings (SSSR count). The van der Waals surface area contributed by atoms with Crippen LogP contribution in [0.3, 0.4) is 0 Å². The van der Waals surface area contributed by atoms with Gasteiger partial charge < -0.3 is 35.1 Å². The van der Waals surface area contributed by atoms with E-state index in [9.17, 15) is 14.4 Å². The van der Waals surface area contributed by atoms with Gasteiger partial charge in [0.1, 0.15) is 6.61 Å². The second kappa shape index (κ2) is 7.57. The minimum absolute atomic E-state index is 0.0669. The van der Waals surface area contributed by atoms with Gasteiger partial charge in [0.25, 0.3) is 0 Å². The van der Waals surface area contributed by atoms with E-state index in [1.807, 2.05) is 4.90 Å². The number of carbonyl (C=O) groups excluding carboxylic acids is 3. The first-order valence-corrected chi connectivity index (χ1v) is 11.2. The fraction of sp³-hybridized carbons (Fsp3) is 0.682. The number of nitrogens with one attached hydrogen (secondary N) is 1. The first-order valence-electron chi connectivity index (χ1n) is 11.2. The van der Waals surface area contributed by atoms with Crippen molar-refractivity contribution in [2.45, 2.75) is 50.0 Å². The fourth-order valence-corrected chi connectivity index (χ4v) is 6.08. The molecule has 4 heterocycles. The molecule has 5 aliphatic rings. The smallest absolute Gasteiger partial charge is 0.404 e. The summed E-state index contributed by atoms with van der Waals surface area (Å²) in [6.07, 6.45) is 2.11. The van der Waals surface area contributed by atoms with E-state index in [0.717, 1.165) is 25.8 Å². The molecule has 5 atom stereocenters. The Morgan fingerprint density at radius 1 is 1.31 bits per heavy atom. The van der Waals surface area contributed by atoms with E-state index in [1.54, 1.807) is 14.0 Å². The maximum Gasteiger partial charge on any atom is 0.404 e. The van der Waals surface area contributed by atoms with E-state index in [0.29, 0.717) is 36.0 Å². The molecule has 0 spiro atoms. The molecule has 1 amide bonds. The van der Waals surface area contributed by atoms with Crippen LogP contribution in [-0.4, -0.2) is 91.8 Å². The van der Waals surface area contributed by atoms with E-state index in [1.165, 1.54) is 0 Å². The quantitative estimate of drug-likeness (QED) is 0.406. The summed E-state index contributed by atoms with van der Waals surface area (Å²) in [5.41, 5.74) is 5.18. The highest BCUT2D eigenvalue weighted by atomic mass is 16.6. The van der Waals surface area contributed by atoms with Crippen LogP contribution in [0.4, 0.5) is 4.79 Å². The largest absolute Gasteiger partial charge is 0.489 e. The van der Waals surface area contributed by atoms with E-state index in [-0.39, 0.29) is 36.0 Å². The summed E-state index contributed by atoms with van der Waals surface area (Å²) in [5, 5.41) is 3.34. The number of nitrogens with two attached hydrogens (primary N) is 1. The number of amides is 1. The zero-order chi connectivity index (χ0) is 22.8. The molecule has 3 saturated heterocycles. The first kappa shape index (κ1) is 21.4. The Balaban J connectivity index is 1.42. The second-order valence-electron chi connectivity index (χ2n) is 9.29. The summed E-state index contributed by atoms with van der Waals surface area (Å²) < 4.78 is 17.0. The lowest BCUT2D eigenvalue weighted by Crippen LogP contribution is -2.55. The number of nitrogens with zero attached hydrogens (tertiary/aromatic N) is 2. The molecule has 0 aromatic rings. The Labute approximate surface area is 186 Å². The van der Waals surface area contributed by atoms with Gasteiger partial charge in [-0.15, -0.1) is 0 Å². The van der Waals surface area contributed by atoms with Crippen molar-refractivity contribution in [2.24, 2.45) is 11.7 Å². The molecule has 0 aromatic heterocycles. The highest BCUT2D eigenvalue weighted by molar-refractivity contribution is 6.25. The highest BCUT2D eigenvalue weighted by Gasteiger charge is 2.72. The van der Waals surface area contributed by atoms with Crippen molar-refractivity contribution in [3.8, 4) is 0 Å². The predicted octanol–water partition coefficient (Wildman–Crippen LogP) is -0.109. The molecule has 10 nitrogen and oxygen atoms in total. The average molecular weight is 447 g/mol. The standard InChI is InChI=1S/C22H30N4O6/c1-11-17(27)16-15(18(28)19(11)31-8-6-12-5-4-7-25(12)2)13(10-32-21(23)29)22(30-3)20-14(24-20)9-26(16)22/h12-14,20,24H,4-10H2,1-3H3,(H2,23,29)/t12?,13?,14?,20?,22-/m1/s1. The lowest BCUT2D eigenvalue weighted by Gasteiger charge is -2.39. The normalized spacial score (nSPS) is 35.9. The summed E-state index contributed by atoms with van der Waals surface area (Å²) in [6.45, 7) is 3.45. The van der Waals surface area contributed by atoms with Crippen molar-refractivity contribution in [3.05, 3.63) is 22.6 Å². The Kier molecular flexibility index (Phi) is 5.06. The number of likely N-dealkylation sites (tertiary alicyclic amines) is 1. The van der Waals surface area contributed by atoms with Crippen LogP contribution in [-0.2, 0) is 23.8 Å². The molecular formula is C22H30N4O6. The van der Waals surface area contributed by atoms with Gasteiger partial charge in [-0.25, -0.2) is 4.79 Å². The number of allylic oxidation sites excluding steroid dienone is 2. The van der Waals surface area contributed by atoms with E-state index in [4.69, 9.17) is 19.9 Å². The van der Waals surface area contributed by atoms with Crippen molar-refractivity contribution in [1.82, 2.24) is 15.1 Å². The third kappa shape index (κ3) is 2.93. The zero-order valence-electron chi connectivity index (χ0n) is 18.7. The summed E-state index contributed by atoms with van der Waals surface area (Å²) in [6, 6.07) is 0.513. The number of fused-ring (bicyclic) bond motifs is 4. The molecule has 174 valence electrons. The van der Waals surface area contributed by atoms with Crippen LogP contribution in [0, 0.1) is 5.92 Å². The van der Waals surface area contributed by atoms with Gasteiger partial charge in [-0.3, -0.25) is 9.59 Å². The zero-order valence-corrected chi connectivity index (χ0v) is 18.7. The molecule has 3 fully saturated rings. The number of carbonyl (C=O) groups is 3. The second-order valence-corrected chi connectivity index (χ2v) is 9.29. The lowest BCUT2D eigenvalue weighted by atomic mass is 9.83. The van der Waals surface area contributed by atoms with Crippen LogP contribution >= 0.6 is 0 Å². The molecule has 4 aliphatic heterocycles. The van der Waals surface area contributed by atoms with Gasteiger partial charge in [-0.05, 0) is 39.8 Å². The Bertz CT molecular complexity index is 945. The van der Waals surface area contributed by atoms with Gasteiger partial charge >= 0.3 is 6.09 Å². The maximum atomic E-state index is 13.6. The molecule has 1 aliphatic carbocycles. The number of primary amides is 1. The van der Waals surface area contributed by atoms with Crippen LogP contribution < -0.4 is 11.1 Å². The molecule has 0 aromatic carbocycles. The predicted molar refractivity (Wildman–Crippen MR) is 112 cm³/mol. The highest BCUT2D eigenvalue weighted by Crippen LogP contribution is 2.55. The van der Waals surface area contributed by atoms with Gasteiger partial charge in [0.2, 0.25) is 11.6 Å². The third-order valence-corrected chi connectivity index (χ3v) is 7.74. The van der Waals surface area contributed by atoms with Crippen molar-refractivity contribution >= 4 is 17.7 Å². The Hall–Kier alpha value is -2.43. The van der Waals surface area contributed by atoms with Crippen molar-refractivity contribution in [3.63, 3.8) is 0 Å². The molecule has 0 radical (unpaired) electrons. The molecular weight excluding hydrogens is 416 g/mol. The van der Waals surface area contributed by atoms with Gasteiger partial charge in [0, 0.05) is 36.9 Å². The topological polar surface area (TPSA) is 133 Å². The van der Waals surface area contributed by atoms with Gasteiger partial charge in [-0.1, -0.05) is 0 Å². The lowest BCUT2D eigenvalue weighted by molar-refractivity contribution is -0.137. The minimum atomic E-state index is -0.974. The van der Waals surface area contributed by atoms with Gasteiger partial charge in [0.15, 0.2) is 11.5 Å². The summed E-state index contributed by atoms with van der Waals surface area (Å²) in [5.74, 6) is -1.13.